The van der Waals surface area contributed by atoms with Crippen molar-refractivity contribution in [1.29, 1.82) is 0 Å². The van der Waals surface area contributed by atoms with Crippen molar-refractivity contribution in [3.8, 4) is 11.5 Å². The van der Waals surface area contributed by atoms with E-state index in [1.165, 1.54) is 18.5 Å². The van der Waals surface area contributed by atoms with E-state index in [1.54, 1.807) is 19.1 Å². The molecule has 1 atom stereocenters. The first-order valence-corrected chi connectivity index (χ1v) is 13.5. The van der Waals surface area contributed by atoms with Crippen LogP contribution in [-0.4, -0.2) is 35.1 Å². The highest BCUT2D eigenvalue weighted by atomic mass is 32.2. The number of methoxy groups -OCH3 is 2. The number of hydrogen-bond acceptors (Lipinski definition) is 5. The van der Waals surface area contributed by atoms with Gasteiger partial charge in [0.2, 0.25) is 0 Å². The minimum Gasteiger partial charge on any atom is -0.493 e. The zero-order valence-electron chi connectivity index (χ0n) is 21.3. The number of anilines is 1. The molecule has 0 aromatic heterocycles. The molecule has 2 aromatic rings. The number of hydrogen-bond donors (Lipinski definition) is 1. The summed E-state index contributed by atoms with van der Waals surface area (Å²) in [5.41, 5.74) is 2.28. The molecule has 0 bridgehead atoms. The van der Waals surface area contributed by atoms with Gasteiger partial charge in [-0.3, -0.25) is 9.10 Å². The number of fused-ring (bicyclic) bond motifs is 1. The minimum atomic E-state index is -4.14. The molecule has 3 rings (SSSR count). The molecule has 1 aliphatic rings. The fraction of sp³-hybridized carbons (Fsp3) is 0.444. The highest BCUT2D eigenvalue weighted by Gasteiger charge is 2.40. The lowest BCUT2D eigenvalue weighted by molar-refractivity contribution is -0.117. The lowest BCUT2D eigenvalue weighted by atomic mass is 9.99. The Hall–Kier alpha value is -3.00. The summed E-state index contributed by atoms with van der Waals surface area (Å²) in [6.45, 7) is 6.43. The summed E-state index contributed by atoms with van der Waals surface area (Å²) in [4.78, 5) is 13.1. The van der Waals surface area contributed by atoms with Gasteiger partial charge in [0.15, 0.2) is 16.4 Å². The first-order valence-electron chi connectivity index (χ1n) is 12.1. The minimum absolute atomic E-state index is 0.0871. The summed E-state index contributed by atoms with van der Waals surface area (Å²) in [6, 6.07) is 12.7. The van der Waals surface area contributed by atoms with Gasteiger partial charge in [0.25, 0.3) is 15.9 Å². The van der Waals surface area contributed by atoms with E-state index in [2.05, 4.69) is 19.2 Å². The number of carbonyl (C=O) groups is 1. The number of allylic oxidation sites excluding steroid dienone is 1. The summed E-state index contributed by atoms with van der Waals surface area (Å²) in [7, 11) is -1.10. The fourth-order valence-electron chi connectivity index (χ4n) is 4.40. The number of rotatable bonds is 11. The van der Waals surface area contributed by atoms with Gasteiger partial charge >= 0.3 is 0 Å². The van der Waals surface area contributed by atoms with E-state index in [1.807, 2.05) is 30.3 Å². The van der Waals surface area contributed by atoms with Crippen LogP contribution in [0.3, 0.4) is 0 Å². The van der Waals surface area contributed by atoms with Crippen molar-refractivity contribution >= 4 is 27.2 Å². The smallest absolute Gasteiger partial charge is 0.270 e. The predicted octanol–water partition coefficient (Wildman–Crippen LogP) is 5.12. The first-order chi connectivity index (χ1) is 16.8. The maximum Gasteiger partial charge on any atom is 0.270 e. The van der Waals surface area contributed by atoms with Gasteiger partial charge < -0.3 is 14.8 Å². The average Bonchev–Trinajstić information content (AvgIpc) is 2.86. The summed E-state index contributed by atoms with van der Waals surface area (Å²) in [6.07, 6.45) is 4.08. The first kappa shape index (κ1) is 26.6. The number of carbonyl (C=O) groups excluding carboxylic acids is 1. The normalized spacial score (nSPS) is 15.4. The molecule has 7 nitrogen and oxygen atoms in total. The summed E-state index contributed by atoms with van der Waals surface area (Å²) < 4.78 is 40.0. The van der Waals surface area contributed by atoms with Crippen LogP contribution >= 0.6 is 0 Å². The van der Waals surface area contributed by atoms with E-state index in [-0.39, 0.29) is 11.4 Å². The third-order valence-electron chi connectivity index (χ3n) is 6.53. The lowest BCUT2D eigenvalue weighted by Gasteiger charge is -2.33. The molecule has 0 radical (unpaired) electrons. The number of ether oxygens (including phenoxy) is 2. The third kappa shape index (κ3) is 5.64. The summed E-state index contributed by atoms with van der Waals surface area (Å²) in [5, 5.41) is 2.91. The second-order valence-electron chi connectivity index (χ2n) is 8.80. The molecule has 1 N–H and O–H groups in total. The van der Waals surface area contributed by atoms with Gasteiger partial charge in [-0.25, -0.2) is 8.42 Å². The maximum atomic E-state index is 13.9. The molecular weight excluding hydrogens is 464 g/mol. The van der Waals surface area contributed by atoms with E-state index in [0.717, 1.165) is 31.2 Å². The Morgan fingerprint density at radius 3 is 2.31 bits per heavy atom. The zero-order valence-corrected chi connectivity index (χ0v) is 22.1. The van der Waals surface area contributed by atoms with Crippen molar-refractivity contribution in [3.05, 3.63) is 58.5 Å². The fourth-order valence-corrected chi connectivity index (χ4v) is 6.15. The maximum absolute atomic E-state index is 13.9. The Morgan fingerprint density at radius 2 is 1.71 bits per heavy atom. The molecule has 0 aliphatic carbocycles. The quantitative estimate of drug-likeness (QED) is 0.463. The number of sulfonamides is 1. The second-order valence-corrected chi connectivity index (χ2v) is 10.6. The number of nitrogens with one attached hydrogen (secondary N) is 1. The standard InChI is InChI=1S/C27H36N2O5S/c1-6-8-12-20(7-2)17-28-27(30)26-19(3)22-15-24(33-4)25(34-5)16-23(22)29(35(26,31)32)18-21-13-10-9-11-14-21/h9-11,13-16,20H,6-8,12,17-18H2,1-5H3,(H,28,30)/t20-/m0/s1. The Bertz CT molecular complexity index is 1180. The van der Waals surface area contributed by atoms with Crippen LogP contribution in [0.1, 0.15) is 57.6 Å². The molecular formula is C27H36N2O5S. The van der Waals surface area contributed by atoms with E-state index >= 15 is 0 Å². The Labute approximate surface area is 209 Å². The molecule has 8 heteroatoms. The van der Waals surface area contributed by atoms with E-state index in [9.17, 15) is 13.2 Å². The van der Waals surface area contributed by atoms with Gasteiger partial charge in [-0.2, -0.15) is 0 Å². The van der Waals surface area contributed by atoms with Crippen molar-refractivity contribution < 1.29 is 22.7 Å². The number of benzene rings is 2. The number of amides is 1. The van der Waals surface area contributed by atoms with Crippen LogP contribution < -0.4 is 19.1 Å². The van der Waals surface area contributed by atoms with Gasteiger partial charge in [-0.15, -0.1) is 0 Å². The van der Waals surface area contributed by atoms with Crippen LogP contribution in [-0.2, 0) is 21.4 Å². The van der Waals surface area contributed by atoms with Gasteiger partial charge in [0.1, 0.15) is 0 Å². The Kier molecular flexibility index (Phi) is 8.83. The van der Waals surface area contributed by atoms with Gasteiger partial charge in [0.05, 0.1) is 26.5 Å². The van der Waals surface area contributed by atoms with Crippen LogP contribution in [0.4, 0.5) is 5.69 Å². The molecule has 0 saturated heterocycles. The van der Waals surface area contributed by atoms with Crippen LogP contribution in [0, 0.1) is 5.92 Å². The highest BCUT2D eigenvalue weighted by molar-refractivity contribution is 7.97. The molecule has 0 spiro atoms. The molecule has 0 fully saturated rings. The van der Waals surface area contributed by atoms with Crippen LogP contribution in [0.25, 0.3) is 5.57 Å². The number of nitrogens with zero attached hydrogens (tertiary/aromatic N) is 1. The molecule has 1 amide bonds. The summed E-state index contributed by atoms with van der Waals surface area (Å²) >= 11 is 0. The average molecular weight is 501 g/mol. The lowest BCUT2D eigenvalue weighted by Crippen LogP contribution is -2.41. The molecule has 1 aliphatic heterocycles. The van der Waals surface area contributed by atoms with Crippen LogP contribution in [0.15, 0.2) is 47.4 Å². The largest absolute Gasteiger partial charge is 0.493 e. The molecule has 1 heterocycles. The van der Waals surface area contributed by atoms with E-state index in [0.29, 0.717) is 40.8 Å². The second kappa shape index (κ2) is 11.6. The van der Waals surface area contributed by atoms with E-state index < -0.39 is 15.9 Å². The molecule has 2 aromatic carbocycles. The van der Waals surface area contributed by atoms with Crippen molar-refractivity contribution in [2.45, 2.75) is 53.0 Å². The Balaban J connectivity index is 2.08. The van der Waals surface area contributed by atoms with Gasteiger partial charge in [-0.1, -0.05) is 63.4 Å². The molecule has 35 heavy (non-hydrogen) atoms. The van der Waals surface area contributed by atoms with E-state index in [4.69, 9.17) is 9.47 Å². The van der Waals surface area contributed by atoms with Crippen molar-refractivity contribution in [3.63, 3.8) is 0 Å². The van der Waals surface area contributed by atoms with Crippen molar-refractivity contribution in [2.75, 3.05) is 25.1 Å². The van der Waals surface area contributed by atoms with Crippen molar-refractivity contribution in [1.82, 2.24) is 5.32 Å². The van der Waals surface area contributed by atoms with Crippen LogP contribution in [0.5, 0.6) is 11.5 Å². The topological polar surface area (TPSA) is 84.9 Å². The Morgan fingerprint density at radius 1 is 1.06 bits per heavy atom. The van der Waals surface area contributed by atoms with Crippen molar-refractivity contribution in [2.24, 2.45) is 5.92 Å². The monoisotopic (exact) mass is 500 g/mol. The molecule has 0 saturated carbocycles. The number of unbranched alkanes of at least 4 members (excludes halogenated alkanes) is 1. The third-order valence-corrected chi connectivity index (χ3v) is 8.45. The molecule has 190 valence electrons. The zero-order chi connectivity index (χ0) is 25.6. The molecule has 0 unspecified atom stereocenters. The van der Waals surface area contributed by atoms with Crippen LogP contribution in [0.2, 0.25) is 0 Å². The SMILES string of the molecule is CCCC[C@H](CC)CNC(=O)C1=C(C)c2cc(OC)c(OC)cc2N(Cc2ccccc2)S1(=O)=O. The van der Waals surface area contributed by atoms with Gasteiger partial charge in [-0.05, 0) is 36.5 Å². The predicted molar refractivity (Wildman–Crippen MR) is 140 cm³/mol. The summed E-state index contributed by atoms with van der Waals surface area (Å²) in [5.74, 6) is 0.621. The van der Waals surface area contributed by atoms with Gasteiger partial charge in [0, 0.05) is 18.2 Å². The highest BCUT2D eigenvalue weighted by Crippen LogP contribution is 2.45.